The Morgan fingerprint density at radius 3 is 2.45 bits per heavy atom. The van der Waals surface area contributed by atoms with Crippen LogP contribution in [0.1, 0.15) is 36.0 Å². The van der Waals surface area contributed by atoms with Crippen molar-refractivity contribution in [2.45, 2.75) is 50.7 Å². The summed E-state index contributed by atoms with van der Waals surface area (Å²) in [6.07, 6.45) is 3.71. The molecule has 14 nitrogen and oxygen atoms in total. The van der Waals surface area contributed by atoms with E-state index >= 15 is 0 Å². The van der Waals surface area contributed by atoms with E-state index in [4.69, 9.17) is 10.5 Å². The standard InChI is InChI=1S/C37H49N7O7/c1-43-31(22-26-8-3-2-4-9-26)36(49)41-24-28-11-6-5-10-27(28)23-33(46)42-30(35(48)40-18-21-51-20-16-38)15-17-39-32(45)13-14-34(47)44-19-7-12-29(25-44)37(43)50/h2-6,8-11,13-14,29-31H,7,12,15-25,38H2,1H3,(H,39,45)(H,40,48)(H,41,49)(H,42,46)/b14-13+/t29-,30+,31+/m1/s1. The Bertz CT molecular complexity index is 1550. The molecule has 51 heavy (non-hydrogen) atoms. The van der Waals surface area contributed by atoms with Crippen molar-refractivity contribution in [2.24, 2.45) is 11.7 Å². The average molecular weight is 704 g/mol. The molecule has 2 bridgehead atoms. The van der Waals surface area contributed by atoms with E-state index in [1.54, 1.807) is 25.2 Å². The highest BCUT2D eigenvalue weighted by atomic mass is 16.5. The van der Waals surface area contributed by atoms with Gasteiger partial charge in [-0.3, -0.25) is 28.8 Å². The molecule has 274 valence electrons. The van der Waals surface area contributed by atoms with Crippen LogP contribution in [0.4, 0.5) is 0 Å². The highest BCUT2D eigenvalue weighted by Gasteiger charge is 2.35. The third-order valence-electron chi connectivity index (χ3n) is 8.96. The van der Waals surface area contributed by atoms with Crippen molar-refractivity contribution in [2.75, 3.05) is 53.0 Å². The molecule has 0 aliphatic carbocycles. The lowest BCUT2D eigenvalue weighted by Crippen LogP contribution is -2.53. The molecule has 1 fully saturated rings. The normalized spacial score (nSPS) is 22.0. The van der Waals surface area contributed by atoms with E-state index in [1.807, 2.05) is 36.4 Å². The molecule has 0 radical (unpaired) electrons. The number of likely N-dealkylation sites (N-methyl/N-ethyl adjacent to an activating group) is 1. The monoisotopic (exact) mass is 703 g/mol. The molecule has 0 spiro atoms. The third-order valence-corrected chi connectivity index (χ3v) is 8.96. The van der Waals surface area contributed by atoms with Crippen LogP contribution >= 0.6 is 0 Å². The Morgan fingerprint density at radius 2 is 1.69 bits per heavy atom. The second-order valence-electron chi connectivity index (χ2n) is 12.7. The molecule has 14 heteroatoms. The number of ether oxygens (including phenoxy) is 1. The molecule has 6 amide bonds. The number of rotatable bonds is 8. The first-order valence-electron chi connectivity index (χ1n) is 17.4. The highest BCUT2D eigenvalue weighted by molar-refractivity contribution is 5.97. The lowest BCUT2D eigenvalue weighted by molar-refractivity contribution is -0.144. The molecule has 3 atom stereocenters. The van der Waals surface area contributed by atoms with Crippen LogP contribution in [0.3, 0.4) is 0 Å². The summed E-state index contributed by atoms with van der Waals surface area (Å²) in [4.78, 5) is 82.8. The van der Waals surface area contributed by atoms with Gasteiger partial charge in [-0.15, -0.1) is 0 Å². The second kappa shape index (κ2) is 19.9. The first kappa shape index (κ1) is 38.7. The van der Waals surface area contributed by atoms with Gasteiger partial charge >= 0.3 is 0 Å². The van der Waals surface area contributed by atoms with Gasteiger partial charge in [-0.25, -0.2) is 0 Å². The number of amides is 6. The molecule has 0 unspecified atom stereocenters. The number of nitrogens with two attached hydrogens (primary N) is 1. The number of carbonyl (C=O) groups excluding carboxylic acids is 6. The van der Waals surface area contributed by atoms with Crippen LogP contribution in [0.25, 0.3) is 0 Å². The van der Waals surface area contributed by atoms with Crippen molar-refractivity contribution >= 4 is 35.4 Å². The van der Waals surface area contributed by atoms with E-state index in [1.165, 1.54) is 9.80 Å². The summed E-state index contributed by atoms with van der Waals surface area (Å²) in [6.45, 7) is 1.87. The number of nitrogens with one attached hydrogen (secondary N) is 4. The lowest BCUT2D eigenvalue weighted by atomic mass is 9.94. The maximum atomic E-state index is 13.9. The average Bonchev–Trinajstić information content (AvgIpc) is 3.14. The quantitative estimate of drug-likeness (QED) is 0.234. The summed E-state index contributed by atoms with van der Waals surface area (Å²) in [5, 5.41) is 11.2. The minimum atomic E-state index is -0.972. The predicted octanol–water partition coefficient (Wildman–Crippen LogP) is -0.194. The van der Waals surface area contributed by atoms with Crippen molar-refractivity contribution in [1.82, 2.24) is 31.1 Å². The summed E-state index contributed by atoms with van der Waals surface area (Å²) < 4.78 is 5.32. The first-order valence-corrected chi connectivity index (χ1v) is 17.4. The number of benzene rings is 2. The van der Waals surface area contributed by atoms with Crippen LogP contribution in [0.15, 0.2) is 66.7 Å². The maximum Gasteiger partial charge on any atom is 0.246 e. The van der Waals surface area contributed by atoms with Crippen molar-refractivity contribution < 1.29 is 33.5 Å². The molecule has 0 saturated carbocycles. The van der Waals surface area contributed by atoms with E-state index in [0.717, 1.165) is 17.7 Å². The van der Waals surface area contributed by atoms with Gasteiger partial charge in [0.25, 0.3) is 0 Å². The Hall–Kier alpha value is -5.08. The highest BCUT2D eigenvalue weighted by Crippen LogP contribution is 2.21. The van der Waals surface area contributed by atoms with Crippen LogP contribution in [0, 0.1) is 5.92 Å². The van der Waals surface area contributed by atoms with E-state index in [2.05, 4.69) is 21.3 Å². The van der Waals surface area contributed by atoms with E-state index in [-0.39, 0.29) is 63.9 Å². The summed E-state index contributed by atoms with van der Waals surface area (Å²) in [5.41, 5.74) is 7.67. The van der Waals surface area contributed by atoms with Gasteiger partial charge in [0.1, 0.15) is 12.1 Å². The number of hydrogen-bond acceptors (Lipinski definition) is 8. The van der Waals surface area contributed by atoms with Gasteiger partial charge in [-0.05, 0) is 36.0 Å². The molecule has 2 heterocycles. The minimum Gasteiger partial charge on any atom is -0.378 e. The maximum absolute atomic E-state index is 13.9. The van der Waals surface area contributed by atoms with Crippen LogP contribution in [-0.2, 0) is 52.9 Å². The molecular formula is C37H49N7O7. The number of carbonyl (C=O) groups is 6. The molecule has 2 aromatic carbocycles. The fourth-order valence-electron chi connectivity index (χ4n) is 6.16. The Morgan fingerprint density at radius 1 is 0.941 bits per heavy atom. The number of hydrogen-bond donors (Lipinski definition) is 5. The fourth-order valence-corrected chi connectivity index (χ4v) is 6.16. The van der Waals surface area contributed by atoms with E-state index in [9.17, 15) is 28.8 Å². The number of piperidine rings is 1. The summed E-state index contributed by atoms with van der Waals surface area (Å²) in [7, 11) is 1.61. The van der Waals surface area contributed by atoms with Gasteiger partial charge in [0.05, 0.1) is 25.6 Å². The van der Waals surface area contributed by atoms with Crippen molar-refractivity contribution in [3.05, 3.63) is 83.4 Å². The zero-order valence-corrected chi connectivity index (χ0v) is 29.1. The van der Waals surface area contributed by atoms with Crippen molar-refractivity contribution in [3.63, 3.8) is 0 Å². The molecule has 1 saturated heterocycles. The Kier molecular flexibility index (Phi) is 15.1. The topological polar surface area (TPSA) is 192 Å². The molecule has 0 aromatic heterocycles. The van der Waals surface area contributed by atoms with Crippen LogP contribution in [0.2, 0.25) is 0 Å². The predicted molar refractivity (Wildman–Crippen MR) is 190 cm³/mol. The zero-order valence-electron chi connectivity index (χ0n) is 29.1. The van der Waals surface area contributed by atoms with E-state index < -0.39 is 41.6 Å². The molecule has 2 aliphatic heterocycles. The van der Waals surface area contributed by atoms with Crippen LogP contribution in [0.5, 0.6) is 0 Å². The Labute approximate surface area is 298 Å². The molecule has 2 aromatic rings. The van der Waals surface area contributed by atoms with Gasteiger partial charge in [-0.2, -0.15) is 0 Å². The molecular weight excluding hydrogens is 654 g/mol. The van der Waals surface area contributed by atoms with Gasteiger partial charge in [0, 0.05) is 64.9 Å². The lowest BCUT2D eigenvalue weighted by Gasteiger charge is -2.36. The summed E-state index contributed by atoms with van der Waals surface area (Å²) in [5.74, 6) is -2.96. The SMILES string of the molecule is CN1C(=O)[C@@H]2CCCN(C2)C(=O)/C=C/C(=O)NCC[C@@H](C(=O)NCCOCCN)NC(=O)Cc2ccccc2CNC(=O)[C@@H]1Cc1ccccc1. The molecule has 4 rings (SSSR count). The molecule has 6 N–H and O–H groups in total. The van der Waals surface area contributed by atoms with Crippen LogP contribution in [-0.4, -0.2) is 110 Å². The van der Waals surface area contributed by atoms with Crippen molar-refractivity contribution in [3.8, 4) is 0 Å². The smallest absolute Gasteiger partial charge is 0.246 e. The van der Waals surface area contributed by atoms with Gasteiger partial charge in [0.15, 0.2) is 0 Å². The van der Waals surface area contributed by atoms with Crippen molar-refractivity contribution in [1.29, 1.82) is 0 Å². The summed E-state index contributed by atoms with van der Waals surface area (Å²) in [6, 6.07) is 14.8. The van der Waals surface area contributed by atoms with Gasteiger partial charge in [0.2, 0.25) is 35.4 Å². The molecule has 2 aliphatic rings. The number of fused-ring (bicyclic) bond motifs is 3. The minimum absolute atomic E-state index is 0.0405. The second-order valence-corrected chi connectivity index (χ2v) is 12.7. The third kappa shape index (κ3) is 12.0. The Balaban J connectivity index is 1.58. The summed E-state index contributed by atoms with van der Waals surface area (Å²) >= 11 is 0. The van der Waals surface area contributed by atoms with Gasteiger partial charge < -0.3 is 41.5 Å². The zero-order chi connectivity index (χ0) is 36.6. The first-order chi connectivity index (χ1) is 24.7. The largest absolute Gasteiger partial charge is 0.378 e. The number of nitrogens with zero attached hydrogens (tertiary/aromatic N) is 2. The van der Waals surface area contributed by atoms with Gasteiger partial charge in [-0.1, -0.05) is 54.6 Å². The fraction of sp³-hybridized carbons (Fsp3) is 0.459. The van der Waals surface area contributed by atoms with Crippen LogP contribution < -0.4 is 27.0 Å². The van der Waals surface area contributed by atoms with E-state index in [0.29, 0.717) is 43.7 Å².